The molecule has 4 heteroatoms. The average Bonchev–Trinajstić information content (AvgIpc) is 3.68. The molecule has 4 unspecified atom stereocenters. The molecule has 4 atom stereocenters. The van der Waals surface area contributed by atoms with Gasteiger partial charge in [0.15, 0.2) is 0 Å². The van der Waals surface area contributed by atoms with Gasteiger partial charge < -0.3 is 14.7 Å². The molecule has 2 fully saturated rings. The summed E-state index contributed by atoms with van der Waals surface area (Å²) in [5.41, 5.74) is 23.0. The third-order valence-corrected chi connectivity index (χ3v) is 17.6. The molecule has 0 aromatic heterocycles. The number of para-hydroxylation sites is 1. The number of nitrogens with zero attached hydrogens (tertiary/aromatic N) is 3. The van der Waals surface area contributed by atoms with Crippen molar-refractivity contribution in [2.24, 2.45) is 0 Å². The molecular formula is C59H56BN3. The molecular weight excluding hydrogens is 761 g/mol. The van der Waals surface area contributed by atoms with Gasteiger partial charge in [-0.2, -0.15) is 0 Å². The Kier molecular flexibility index (Phi) is 7.77. The minimum Gasteiger partial charge on any atom is -0.335 e. The predicted molar refractivity (Wildman–Crippen MR) is 266 cm³/mol. The van der Waals surface area contributed by atoms with Crippen LogP contribution in [-0.2, 0) is 10.8 Å². The molecule has 4 heterocycles. The molecule has 2 saturated carbocycles. The van der Waals surface area contributed by atoms with Crippen LogP contribution in [0.1, 0.15) is 100.0 Å². The van der Waals surface area contributed by atoms with E-state index in [1.807, 2.05) is 0 Å². The van der Waals surface area contributed by atoms with Crippen LogP contribution >= 0.6 is 0 Å². The van der Waals surface area contributed by atoms with Crippen molar-refractivity contribution < 1.29 is 0 Å². The summed E-state index contributed by atoms with van der Waals surface area (Å²) in [7, 11) is 0. The second kappa shape index (κ2) is 13.0. The van der Waals surface area contributed by atoms with Crippen LogP contribution in [0.3, 0.4) is 0 Å². The molecule has 7 aromatic carbocycles. The second-order valence-corrected chi connectivity index (χ2v) is 20.6. The van der Waals surface area contributed by atoms with Gasteiger partial charge in [0.05, 0.1) is 11.1 Å². The van der Waals surface area contributed by atoms with E-state index in [4.69, 9.17) is 0 Å². The maximum Gasteiger partial charge on any atom is 0.252 e. The van der Waals surface area contributed by atoms with Crippen LogP contribution in [0.4, 0.5) is 39.8 Å². The minimum atomic E-state index is -0.175. The lowest BCUT2D eigenvalue weighted by molar-refractivity contribution is 0.195. The molecule has 13 rings (SSSR count). The van der Waals surface area contributed by atoms with Crippen molar-refractivity contribution in [2.45, 2.75) is 108 Å². The van der Waals surface area contributed by atoms with Crippen LogP contribution in [-0.4, -0.2) is 17.8 Å². The lowest BCUT2D eigenvalue weighted by atomic mass is 9.33. The van der Waals surface area contributed by atoms with Crippen molar-refractivity contribution in [3.05, 3.63) is 179 Å². The number of fused-ring (bicyclic) bond motifs is 10. The fraction of sp³-hybridized carbons (Fsp3) is 0.288. The van der Waals surface area contributed by atoms with Gasteiger partial charge in [0.25, 0.3) is 6.71 Å². The van der Waals surface area contributed by atoms with Crippen molar-refractivity contribution in [1.82, 2.24) is 0 Å². The normalized spacial score (nSPS) is 25.8. The van der Waals surface area contributed by atoms with E-state index in [2.05, 4.69) is 201 Å². The Bertz CT molecular complexity index is 3010. The molecule has 0 amide bonds. The number of anilines is 7. The van der Waals surface area contributed by atoms with Gasteiger partial charge in [-0.05, 0) is 140 Å². The molecule has 63 heavy (non-hydrogen) atoms. The van der Waals surface area contributed by atoms with Gasteiger partial charge in [-0.25, -0.2) is 0 Å². The van der Waals surface area contributed by atoms with Crippen molar-refractivity contribution in [3.63, 3.8) is 0 Å². The average molecular weight is 818 g/mol. The van der Waals surface area contributed by atoms with Gasteiger partial charge in [0.2, 0.25) is 0 Å². The number of benzene rings is 7. The summed E-state index contributed by atoms with van der Waals surface area (Å²) in [5, 5.41) is 0. The Hall–Kier alpha value is -6.00. The standard InChI is InChI=1S/C59H56BN3/c1-39-24-27-44(28-25-39)61-51-29-26-40(2)34-48(51)60-49-36-42(41-18-8-6-9-19-41)35-47-55(49)63(57(4)31-15-14-30-56(47,57)3)53-38-45(37-52(61)54(53)60)62-50-23-13-12-22-46(50)59(43-20-10-7-11-21-43)33-17-16-32-58(59,62)5/h6-13,18-29,34-38H,14-17,30-33H2,1-5H3. The van der Waals surface area contributed by atoms with Gasteiger partial charge in [-0.15, -0.1) is 0 Å². The SMILES string of the molecule is Cc1ccc(N2c3ccc(C)cc3B3c4cc(-c5ccccc5)cc5c4N(c4cc(N6c7ccccc7C7(c8ccccc8)CCCCC67C)cc2c43)C2(C)CCCCC52C)cc1. The topological polar surface area (TPSA) is 9.72 Å². The first-order chi connectivity index (χ1) is 30.7. The van der Waals surface area contributed by atoms with E-state index in [1.54, 1.807) is 5.56 Å². The molecule has 0 saturated heterocycles. The Labute approximate surface area is 374 Å². The fourth-order valence-corrected chi connectivity index (χ4v) is 14.5. The summed E-state index contributed by atoms with van der Waals surface area (Å²) in [6, 6.07) is 59.3. The van der Waals surface area contributed by atoms with Crippen LogP contribution in [0.15, 0.2) is 152 Å². The quantitative estimate of drug-likeness (QED) is 0.164. The van der Waals surface area contributed by atoms with Gasteiger partial charge in [0.1, 0.15) is 0 Å². The molecule has 6 aliphatic rings. The van der Waals surface area contributed by atoms with Crippen molar-refractivity contribution in [1.29, 1.82) is 0 Å². The minimum absolute atomic E-state index is 0.0133. The number of hydrogen-bond donors (Lipinski definition) is 0. The largest absolute Gasteiger partial charge is 0.335 e. The molecule has 7 aromatic rings. The molecule has 0 N–H and O–H groups in total. The Morgan fingerprint density at radius 3 is 1.92 bits per heavy atom. The van der Waals surface area contributed by atoms with E-state index < -0.39 is 0 Å². The highest BCUT2D eigenvalue weighted by Gasteiger charge is 2.64. The third-order valence-electron chi connectivity index (χ3n) is 17.6. The highest BCUT2D eigenvalue weighted by atomic mass is 15.3. The lowest BCUT2D eigenvalue weighted by Gasteiger charge is -2.54. The van der Waals surface area contributed by atoms with E-state index in [1.165, 1.54) is 128 Å². The predicted octanol–water partition coefficient (Wildman–Crippen LogP) is 13.1. The molecule has 0 spiro atoms. The van der Waals surface area contributed by atoms with Gasteiger partial charge in [-0.1, -0.05) is 153 Å². The summed E-state index contributed by atoms with van der Waals surface area (Å²) in [5.74, 6) is 0. The molecule has 0 bridgehead atoms. The first-order valence-corrected chi connectivity index (χ1v) is 23.8. The van der Waals surface area contributed by atoms with Gasteiger partial charge in [0, 0.05) is 50.6 Å². The summed E-state index contributed by atoms with van der Waals surface area (Å²) in [6.07, 6.45) is 9.60. The number of aryl methyl sites for hydroxylation is 2. The Morgan fingerprint density at radius 1 is 0.460 bits per heavy atom. The molecule has 4 aliphatic heterocycles. The van der Waals surface area contributed by atoms with E-state index in [0.717, 1.165) is 12.8 Å². The van der Waals surface area contributed by atoms with Gasteiger partial charge in [-0.3, -0.25) is 0 Å². The second-order valence-electron chi connectivity index (χ2n) is 20.6. The van der Waals surface area contributed by atoms with E-state index in [0.29, 0.717) is 0 Å². The fourth-order valence-electron chi connectivity index (χ4n) is 14.5. The smallest absolute Gasteiger partial charge is 0.252 e. The third kappa shape index (κ3) is 4.72. The number of hydrogen-bond acceptors (Lipinski definition) is 3. The molecule has 2 aliphatic carbocycles. The highest BCUT2D eigenvalue weighted by Crippen LogP contribution is 2.66. The van der Waals surface area contributed by atoms with Crippen LogP contribution in [0.5, 0.6) is 0 Å². The monoisotopic (exact) mass is 817 g/mol. The lowest BCUT2D eigenvalue weighted by Crippen LogP contribution is -2.64. The molecule has 310 valence electrons. The zero-order valence-electron chi connectivity index (χ0n) is 37.5. The molecule has 0 radical (unpaired) electrons. The molecule has 3 nitrogen and oxygen atoms in total. The summed E-state index contributed by atoms with van der Waals surface area (Å²) < 4.78 is 0. The summed E-state index contributed by atoms with van der Waals surface area (Å²) >= 11 is 0. The first kappa shape index (κ1) is 37.5. The van der Waals surface area contributed by atoms with Crippen LogP contribution in [0.25, 0.3) is 11.1 Å². The Morgan fingerprint density at radius 2 is 1.13 bits per heavy atom. The van der Waals surface area contributed by atoms with E-state index in [-0.39, 0.29) is 28.6 Å². The first-order valence-electron chi connectivity index (χ1n) is 23.8. The van der Waals surface area contributed by atoms with E-state index in [9.17, 15) is 0 Å². The van der Waals surface area contributed by atoms with Crippen molar-refractivity contribution >= 4 is 62.9 Å². The van der Waals surface area contributed by atoms with Crippen molar-refractivity contribution in [2.75, 3.05) is 14.7 Å². The zero-order valence-corrected chi connectivity index (χ0v) is 37.5. The highest BCUT2D eigenvalue weighted by molar-refractivity contribution is 7.00. The van der Waals surface area contributed by atoms with Gasteiger partial charge >= 0.3 is 0 Å². The van der Waals surface area contributed by atoms with Crippen LogP contribution in [0.2, 0.25) is 0 Å². The van der Waals surface area contributed by atoms with Crippen molar-refractivity contribution in [3.8, 4) is 11.1 Å². The maximum absolute atomic E-state index is 2.92. The van der Waals surface area contributed by atoms with Crippen LogP contribution < -0.4 is 31.1 Å². The summed E-state index contributed by atoms with van der Waals surface area (Å²) in [4.78, 5) is 8.40. The maximum atomic E-state index is 2.92. The number of rotatable bonds is 4. The summed E-state index contributed by atoms with van der Waals surface area (Å²) in [6.45, 7) is 12.4. The zero-order chi connectivity index (χ0) is 42.5. The Balaban J connectivity index is 1.16. The van der Waals surface area contributed by atoms with Crippen LogP contribution in [0, 0.1) is 13.8 Å². The van der Waals surface area contributed by atoms with E-state index >= 15 is 0 Å².